The molecule has 18 heavy (non-hydrogen) atoms. The lowest BCUT2D eigenvalue weighted by Gasteiger charge is -2.26. The van der Waals surface area contributed by atoms with Gasteiger partial charge in [-0.05, 0) is 38.2 Å². The Labute approximate surface area is 107 Å². The Kier molecular flexibility index (Phi) is 5.12. The number of hydrogen-bond acceptors (Lipinski definition) is 4. The molecule has 0 spiro atoms. The van der Waals surface area contributed by atoms with Crippen molar-refractivity contribution in [1.29, 1.82) is 0 Å². The number of nitrogens with two attached hydrogens (primary N) is 1. The van der Waals surface area contributed by atoms with E-state index < -0.39 is 12.0 Å². The van der Waals surface area contributed by atoms with Crippen molar-refractivity contribution in [3.63, 3.8) is 0 Å². The number of ether oxygens (including phenoxy) is 1. The van der Waals surface area contributed by atoms with Crippen LogP contribution in [0.15, 0.2) is 24.3 Å². The molecule has 1 aromatic carbocycles. The van der Waals surface area contributed by atoms with E-state index in [1.54, 1.807) is 7.11 Å². The van der Waals surface area contributed by atoms with Crippen molar-refractivity contribution < 1.29 is 14.6 Å². The van der Waals surface area contributed by atoms with Gasteiger partial charge in [0.25, 0.3) is 0 Å². The third-order valence-electron chi connectivity index (χ3n) is 2.92. The largest absolute Gasteiger partial charge is 0.497 e. The zero-order chi connectivity index (χ0) is 13.7. The molecule has 1 aromatic rings. The fourth-order valence-electron chi connectivity index (χ4n) is 1.81. The topological polar surface area (TPSA) is 75.8 Å². The van der Waals surface area contributed by atoms with E-state index in [-0.39, 0.29) is 6.04 Å². The first-order valence-corrected chi connectivity index (χ1v) is 5.74. The van der Waals surface area contributed by atoms with Gasteiger partial charge in [0, 0.05) is 6.04 Å². The van der Waals surface area contributed by atoms with E-state index in [1.165, 1.54) is 0 Å². The third-order valence-corrected chi connectivity index (χ3v) is 2.92. The number of nitrogens with zero attached hydrogens (tertiary/aromatic N) is 1. The Bertz CT molecular complexity index is 390. The van der Waals surface area contributed by atoms with Gasteiger partial charge in [0.15, 0.2) is 0 Å². The number of rotatable bonds is 6. The number of hydrogen-bond donors (Lipinski definition) is 2. The van der Waals surface area contributed by atoms with Gasteiger partial charge in [0.1, 0.15) is 11.8 Å². The summed E-state index contributed by atoms with van der Waals surface area (Å²) in [7, 11) is 5.42. The van der Waals surface area contributed by atoms with Crippen LogP contribution in [0.4, 0.5) is 0 Å². The highest BCUT2D eigenvalue weighted by molar-refractivity contribution is 5.73. The SMILES string of the molecule is COc1ccc(C(CC(N)C(=O)O)N(C)C)cc1. The Balaban J connectivity index is 2.86. The molecule has 5 nitrogen and oxygen atoms in total. The molecule has 100 valence electrons. The minimum absolute atomic E-state index is 0.0259. The van der Waals surface area contributed by atoms with Crippen molar-refractivity contribution >= 4 is 5.97 Å². The maximum Gasteiger partial charge on any atom is 0.320 e. The molecular formula is C13H20N2O3. The molecule has 0 saturated carbocycles. The Morgan fingerprint density at radius 2 is 1.94 bits per heavy atom. The summed E-state index contributed by atoms with van der Waals surface area (Å²) in [5.74, 6) is -0.200. The van der Waals surface area contributed by atoms with E-state index in [4.69, 9.17) is 15.6 Å². The summed E-state index contributed by atoms with van der Waals surface area (Å²) in [6, 6.07) is 6.69. The zero-order valence-electron chi connectivity index (χ0n) is 11.0. The van der Waals surface area contributed by atoms with E-state index in [2.05, 4.69) is 0 Å². The highest BCUT2D eigenvalue weighted by atomic mass is 16.5. The molecule has 0 heterocycles. The molecule has 2 unspecified atom stereocenters. The van der Waals surface area contributed by atoms with Crippen LogP contribution in [0.2, 0.25) is 0 Å². The first kappa shape index (κ1) is 14.5. The zero-order valence-corrected chi connectivity index (χ0v) is 11.0. The molecule has 0 aliphatic rings. The summed E-state index contributed by atoms with van der Waals surface area (Å²) in [4.78, 5) is 12.8. The van der Waals surface area contributed by atoms with E-state index in [0.29, 0.717) is 6.42 Å². The van der Waals surface area contributed by atoms with Crippen molar-refractivity contribution in [3.8, 4) is 5.75 Å². The number of methoxy groups -OCH3 is 1. The van der Waals surface area contributed by atoms with Gasteiger partial charge < -0.3 is 20.5 Å². The van der Waals surface area contributed by atoms with Gasteiger partial charge in [0.2, 0.25) is 0 Å². The standard InChI is InChI=1S/C13H20N2O3/c1-15(2)12(8-11(14)13(16)17)9-4-6-10(18-3)7-5-9/h4-7,11-12H,8,14H2,1-3H3,(H,16,17). The predicted octanol–water partition coefficient (Wildman–Crippen LogP) is 1.10. The first-order valence-electron chi connectivity index (χ1n) is 5.74. The lowest BCUT2D eigenvalue weighted by molar-refractivity contribution is -0.139. The van der Waals surface area contributed by atoms with Crippen LogP contribution in [0.1, 0.15) is 18.0 Å². The molecule has 0 aromatic heterocycles. The number of aliphatic carboxylic acids is 1. The molecule has 5 heteroatoms. The summed E-state index contributed by atoms with van der Waals surface area (Å²) in [6.07, 6.45) is 0.370. The van der Waals surface area contributed by atoms with Crippen molar-refractivity contribution in [2.24, 2.45) is 5.73 Å². The van der Waals surface area contributed by atoms with Crippen LogP contribution in [0, 0.1) is 0 Å². The molecule has 0 radical (unpaired) electrons. The van der Waals surface area contributed by atoms with E-state index >= 15 is 0 Å². The van der Waals surface area contributed by atoms with Gasteiger partial charge >= 0.3 is 5.97 Å². The van der Waals surface area contributed by atoms with Crippen molar-refractivity contribution in [2.75, 3.05) is 21.2 Å². The second kappa shape index (κ2) is 6.37. The normalized spacial score (nSPS) is 14.3. The van der Waals surface area contributed by atoms with Crippen LogP contribution in [0.25, 0.3) is 0 Å². The molecule has 0 aliphatic heterocycles. The fourth-order valence-corrected chi connectivity index (χ4v) is 1.81. The number of carbonyl (C=O) groups is 1. The van der Waals surface area contributed by atoms with Crippen LogP contribution < -0.4 is 10.5 Å². The molecule has 1 rings (SSSR count). The van der Waals surface area contributed by atoms with Gasteiger partial charge in [-0.1, -0.05) is 12.1 Å². The predicted molar refractivity (Wildman–Crippen MR) is 69.7 cm³/mol. The molecule has 0 saturated heterocycles. The summed E-state index contributed by atoms with van der Waals surface area (Å²) in [5, 5.41) is 8.88. The van der Waals surface area contributed by atoms with Crippen LogP contribution in [0.3, 0.4) is 0 Å². The molecule has 0 fully saturated rings. The minimum atomic E-state index is -0.977. The second-order valence-electron chi connectivity index (χ2n) is 4.43. The van der Waals surface area contributed by atoms with Crippen molar-refractivity contribution in [2.45, 2.75) is 18.5 Å². The van der Waals surface area contributed by atoms with Crippen LogP contribution in [-0.4, -0.2) is 43.2 Å². The number of carboxylic acid groups (broad SMARTS) is 1. The van der Waals surface area contributed by atoms with E-state index in [1.807, 2.05) is 43.3 Å². The van der Waals surface area contributed by atoms with Crippen molar-refractivity contribution in [1.82, 2.24) is 4.90 Å². The van der Waals surface area contributed by atoms with Gasteiger partial charge in [-0.2, -0.15) is 0 Å². The summed E-state index contributed by atoms with van der Waals surface area (Å²) in [6.45, 7) is 0. The molecule has 0 aliphatic carbocycles. The van der Waals surface area contributed by atoms with E-state index in [9.17, 15) is 4.79 Å². The molecule has 0 bridgehead atoms. The van der Waals surface area contributed by atoms with Gasteiger partial charge in [-0.25, -0.2) is 0 Å². The van der Waals surface area contributed by atoms with Gasteiger partial charge in [-0.15, -0.1) is 0 Å². The molecular weight excluding hydrogens is 232 g/mol. The smallest absolute Gasteiger partial charge is 0.320 e. The van der Waals surface area contributed by atoms with Gasteiger partial charge in [-0.3, -0.25) is 4.79 Å². The molecule has 2 atom stereocenters. The number of benzene rings is 1. The lowest BCUT2D eigenvalue weighted by atomic mass is 9.98. The number of carboxylic acids is 1. The van der Waals surface area contributed by atoms with Crippen LogP contribution in [-0.2, 0) is 4.79 Å². The monoisotopic (exact) mass is 252 g/mol. The van der Waals surface area contributed by atoms with Crippen LogP contribution in [0.5, 0.6) is 5.75 Å². The summed E-state index contributed by atoms with van der Waals surface area (Å²) >= 11 is 0. The highest BCUT2D eigenvalue weighted by Gasteiger charge is 2.21. The minimum Gasteiger partial charge on any atom is -0.497 e. The molecule has 3 N–H and O–H groups in total. The quantitative estimate of drug-likeness (QED) is 0.793. The summed E-state index contributed by atoms with van der Waals surface area (Å²) < 4.78 is 5.10. The first-order chi connectivity index (χ1) is 8.45. The maximum absolute atomic E-state index is 10.8. The van der Waals surface area contributed by atoms with Crippen molar-refractivity contribution in [3.05, 3.63) is 29.8 Å². The lowest BCUT2D eigenvalue weighted by Crippen LogP contribution is -2.35. The van der Waals surface area contributed by atoms with Crippen LogP contribution >= 0.6 is 0 Å². The maximum atomic E-state index is 10.8. The Morgan fingerprint density at radius 3 is 2.33 bits per heavy atom. The fraction of sp³-hybridized carbons (Fsp3) is 0.462. The van der Waals surface area contributed by atoms with Gasteiger partial charge in [0.05, 0.1) is 7.11 Å². The average molecular weight is 252 g/mol. The highest BCUT2D eigenvalue weighted by Crippen LogP contribution is 2.25. The van der Waals surface area contributed by atoms with E-state index in [0.717, 1.165) is 11.3 Å². The third kappa shape index (κ3) is 3.72. The Hall–Kier alpha value is -1.59. The molecule has 0 amide bonds. The summed E-state index contributed by atoms with van der Waals surface area (Å²) in [5.41, 5.74) is 6.62. The average Bonchev–Trinajstić information content (AvgIpc) is 2.35. The second-order valence-corrected chi connectivity index (χ2v) is 4.43. The Morgan fingerprint density at radius 1 is 1.39 bits per heavy atom.